The molecular formula is C18H24ClNO4. The van der Waals surface area contributed by atoms with Gasteiger partial charge in [-0.2, -0.15) is 0 Å². The first-order valence-electron chi connectivity index (χ1n) is 8.22. The Labute approximate surface area is 147 Å². The highest BCUT2D eigenvalue weighted by Crippen LogP contribution is 2.29. The van der Waals surface area contributed by atoms with Crippen molar-refractivity contribution in [2.75, 3.05) is 13.7 Å². The zero-order chi connectivity index (χ0) is 17.7. The van der Waals surface area contributed by atoms with Gasteiger partial charge in [-0.05, 0) is 36.5 Å². The van der Waals surface area contributed by atoms with Gasteiger partial charge < -0.3 is 14.8 Å². The van der Waals surface area contributed by atoms with Gasteiger partial charge in [0, 0.05) is 11.1 Å². The van der Waals surface area contributed by atoms with Crippen molar-refractivity contribution in [3.05, 3.63) is 28.8 Å². The SMILES string of the molecule is COc1ccc(Cl)cc1C(=O)OCC(=O)N[C@H]1CCC[C@H](C)[C@@H]1C. The third-order valence-electron chi connectivity index (χ3n) is 4.77. The number of methoxy groups -OCH3 is 1. The van der Waals surface area contributed by atoms with E-state index in [0.717, 1.165) is 12.8 Å². The number of hydrogen-bond acceptors (Lipinski definition) is 4. The van der Waals surface area contributed by atoms with Gasteiger partial charge in [0.25, 0.3) is 5.91 Å². The molecule has 0 spiro atoms. The van der Waals surface area contributed by atoms with Crippen molar-refractivity contribution in [3.63, 3.8) is 0 Å². The summed E-state index contributed by atoms with van der Waals surface area (Å²) < 4.78 is 10.2. The summed E-state index contributed by atoms with van der Waals surface area (Å²) >= 11 is 5.90. The lowest BCUT2D eigenvalue weighted by Gasteiger charge is -2.34. The van der Waals surface area contributed by atoms with Gasteiger partial charge in [0.15, 0.2) is 6.61 Å². The van der Waals surface area contributed by atoms with Crippen molar-refractivity contribution in [3.8, 4) is 5.75 Å². The molecule has 1 amide bonds. The molecule has 6 heteroatoms. The molecule has 5 nitrogen and oxygen atoms in total. The van der Waals surface area contributed by atoms with Gasteiger partial charge in [0.2, 0.25) is 0 Å². The molecule has 0 heterocycles. The number of carbonyl (C=O) groups excluding carboxylic acids is 2. The summed E-state index contributed by atoms with van der Waals surface area (Å²) in [6, 6.07) is 4.81. The summed E-state index contributed by atoms with van der Waals surface area (Å²) in [7, 11) is 1.46. The fraction of sp³-hybridized carbons (Fsp3) is 0.556. The van der Waals surface area contributed by atoms with Gasteiger partial charge in [-0.25, -0.2) is 4.79 Å². The summed E-state index contributed by atoms with van der Waals surface area (Å²) in [6.07, 6.45) is 3.26. The number of rotatable bonds is 5. The Hall–Kier alpha value is -1.75. The molecule has 0 aromatic heterocycles. The van der Waals surface area contributed by atoms with Gasteiger partial charge >= 0.3 is 5.97 Å². The predicted octanol–water partition coefficient (Wildman–Crippen LogP) is 3.45. The molecule has 0 unspecified atom stereocenters. The summed E-state index contributed by atoms with van der Waals surface area (Å²) in [6.45, 7) is 4.04. The minimum absolute atomic E-state index is 0.139. The fourth-order valence-corrected chi connectivity index (χ4v) is 3.25. The Kier molecular flexibility index (Phi) is 6.49. The van der Waals surface area contributed by atoms with Gasteiger partial charge in [0.1, 0.15) is 11.3 Å². The first-order chi connectivity index (χ1) is 11.4. The van der Waals surface area contributed by atoms with Crippen molar-refractivity contribution in [1.82, 2.24) is 5.32 Å². The van der Waals surface area contributed by atoms with E-state index in [9.17, 15) is 9.59 Å². The van der Waals surface area contributed by atoms with Crippen LogP contribution >= 0.6 is 11.6 Å². The van der Waals surface area contributed by atoms with Crippen LogP contribution in [0.25, 0.3) is 0 Å². The highest BCUT2D eigenvalue weighted by atomic mass is 35.5. The van der Waals surface area contributed by atoms with E-state index in [4.69, 9.17) is 21.1 Å². The maximum absolute atomic E-state index is 12.1. The van der Waals surface area contributed by atoms with Gasteiger partial charge in [-0.1, -0.05) is 38.3 Å². The van der Waals surface area contributed by atoms with Crippen LogP contribution in [0, 0.1) is 11.8 Å². The molecule has 3 atom stereocenters. The van der Waals surface area contributed by atoms with Crippen molar-refractivity contribution < 1.29 is 19.1 Å². The molecule has 2 rings (SSSR count). The molecule has 1 N–H and O–H groups in total. The zero-order valence-electron chi connectivity index (χ0n) is 14.3. The Morgan fingerprint density at radius 1 is 1.29 bits per heavy atom. The van der Waals surface area contributed by atoms with Crippen molar-refractivity contribution in [1.29, 1.82) is 0 Å². The molecule has 132 valence electrons. The quantitative estimate of drug-likeness (QED) is 0.823. The van der Waals surface area contributed by atoms with Crippen molar-refractivity contribution in [2.24, 2.45) is 11.8 Å². The molecule has 0 radical (unpaired) electrons. The van der Waals surface area contributed by atoms with Crippen LogP contribution in [-0.4, -0.2) is 31.6 Å². The first kappa shape index (κ1) is 18.6. The number of halogens is 1. The third-order valence-corrected chi connectivity index (χ3v) is 5.00. The number of hydrogen-bond donors (Lipinski definition) is 1. The van der Waals surface area contributed by atoms with Gasteiger partial charge in [-0.15, -0.1) is 0 Å². The number of nitrogens with one attached hydrogen (secondary N) is 1. The zero-order valence-corrected chi connectivity index (χ0v) is 15.1. The van der Waals surface area contributed by atoms with Crippen molar-refractivity contribution in [2.45, 2.75) is 39.2 Å². The summed E-state index contributed by atoms with van der Waals surface area (Å²) in [4.78, 5) is 24.2. The van der Waals surface area contributed by atoms with Crippen molar-refractivity contribution >= 4 is 23.5 Å². The highest BCUT2D eigenvalue weighted by molar-refractivity contribution is 6.31. The molecule has 1 aromatic carbocycles. The smallest absolute Gasteiger partial charge is 0.342 e. The van der Waals surface area contributed by atoms with Gasteiger partial charge in [0.05, 0.1) is 7.11 Å². The second kappa shape index (κ2) is 8.38. The minimum atomic E-state index is -0.630. The minimum Gasteiger partial charge on any atom is -0.496 e. The van der Waals surface area contributed by atoms with Gasteiger partial charge in [-0.3, -0.25) is 4.79 Å². The molecule has 1 aliphatic carbocycles. The molecule has 0 aliphatic heterocycles. The third kappa shape index (κ3) is 4.63. The van der Waals surface area contributed by atoms with Crippen LogP contribution in [0.3, 0.4) is 0 Å². The van der Waals surface area contributed by atoms with E-state index in [0.29, 0.717) is 22.6 Å². The second-order valence-electron chi connectivity index (χ2n) is 6.36. The Morgan fingerprint density at radius 2 is 2.04 bits per heavy atom. The summed E-state index contributed by atoms with van der Waals surface area (Å²) in [5.41, 5.74) is 0.206. The normalized spacial score (nSPS) is 23.4. The number of carbonyl (C=O) groups is 2. The maximum atomic E-state index is 12.1. The van der Waals surface area contributed by atoms with E-state index in [1.165, 1.54) is 19.6 Å². The van der Waals surface area contributed by atoms with Crippen LogP contribution < -0.4 is 10.1 Å². The number of esters is 1. The maximum Gasteiger partial charge on any atom is 0.342 e. The van der Waals surface area contributed by atoms with E-state index in [1.807, 2.05) is 0 Å². The molecule has 24 heavy (non-hydrogen) atoms. The van der Waals surface area contributed by atoms with Crippen LogP contribution in [0.2, 0.25) is 5.02 Å². The summed E-state index contributed by atoms with van der Waals surface area (Å²) in [5, 5.41) is 3.37. The van der Waals surface area contributed by atoms with Crippen LogP contribution in [-0.2, 0) is 9.53 Å². The molecule has 0 bridgehead atoms. The van der Waals surface area contributed by atoms with E-state index in [1.54, 1.807) is 12.1 Å². The van der Waals surface area contributed by atoms with Crippen LogP contribution in [0.15, 0.2) is 18.2 Å². The first-order valence-corrected chi connectivity index (χ1v) is 8.60. The number of benzene rings is 1. The molecule has 0 saturated heterocycles. The average molecular weight is 354 g/mol. The lowest BCUT2D eigenvalue weighted by atomic mass is 9.78. The number of ether oxygens (including phenoxy) is 2. The van der Waals surface area contributed by atoms with Crippen LogP contribution in [0.1, 0.15) is 43.5 Å². The van der Waals surface area contributed by atoms with E-state index >= 15 is 0 Å². The van der Waals surface area contributed by atoms with Crippen LogP contribution in [0.4, 0.5) is 0 Å². The Bertz CT molecular complexity index is 605. The highest BCUT2D eigenvalue weighted by Gasteiger charge is 2.28. The van der Waals surface area contributed by atoms with Crippen LogP contribution in [0.5, 0.6) is 5.75 Å². The molecule has 1 aromatic rings. The lowest BCUT2D eigenvalue weighted by molar-refractivity contribution is -0.125. The average Bonchev–Trinajstić information content (AvgIpc) is 2.56. The Balaban J connectivity index is 1.89. The summed E-state index contributed by atoms with van der Waals surface area (Å²) in [5.74, 6) is 0.457. The Morgan fingerprint density at radius 3 is 2.75 bits per heavy atom. The fourth-order valence-electron chi connectivity index (χ4n) is 3.08. The predicted molar refractivity (Wildman–Crippen MR) is 92.4 cm³/mol. The molecular weight excluding hydrogens is 330 g/mol. The van der Waals surface area contributed by atoms with E-state index in [-0.39, 0.29) is 24.1 Å². The molecule has 1 saturated carbocycles. The van der Waals surface area contributed by atoms with E-state index in [2.05, 4.69) is 19.2 Å². The topological polar surface area (TPSA) is 64.6 Å². The molecule has 1 fully saturated rings. The second-order valence-corrected chi connectivity index (χ2v) is 6.80. The lowest BCUT2D eigenvalue weighted by Crippen LogP contribution is -2.45. The largest absolute Gasteiger partial charge is 0.496 e. The molecule has 1 aliphatic rings. The standard InChI is InChI=1S/C18H24ClNO4/c1-11-5-4-6-15(12(11)2)20-17(21)10-24-18(22)14-9-13(19)7-8-16(14)23-3/h7-9,11-12,15H,4-6,10H2,1-3H3,(H,20,21)/t11-,12-,15-/m0/s1. The monoisotopic (exact) mass is 353 g/mol. The van der Waals surface area contributed by atoms with E-state index < -0.39 is 5.97 Å². The number of amides is 1.